The lowest BCUT2D eigenvalue weighted by atomic mass is 9.88. The molecule has 14 heavy (non-hydrogen) atoms. The number of phenolic OH excluding ortho intramolecular Hbond substituents is 1. The Hall–Kier alpha value is -1.28. The third kappa shape index (κ3) is 2.15. The van der Waals surface area contributed by atoms with Crippen molar-refractivity contribution in [3.8, 4) is 5.75 Å². The first kappa shape index (κ1) is 10.8. The first-order valence-corrected chi connectivity index (χ1v) is 4.67. The van der Waals surface area contributed by atoms with Crippen LogP contribution in [0.15, 0.2) is 30.9 Å². The monoisotopic (exact) mass is 191 g/mol. The van der Waals surface area contributed by atoms with Gasteiger partial charge in [0.2, 0.25) is 0 Å². The molecular formula is C12H17NO. The summed E-state index contributed by atoms with van der Waals surface area (Å²) >= 11 is 0. The van der Waals surface area contributed by atoms with Gasteiger partial charge in [-0.1, -0.05) is 18.2 Å². The second-order valence-corrected chi connectivity index (χ2v) is 3.93. The maximum atomic E-state index is 9.74. The molecule has 0 fully saturated rings. The molecule has 0 amide bonds. The second kappa shape index (κ2) is 3.84. The molecule has 1 rings (SSSR count). The number of phenols is 1. The zero-order valence-electron chi connectivity index (χ0n) is 8.75. The Morgan fingerprint density at radius 3 is 2.71 bits per heavy atom. The molecule has 0 saturated carbocycles. The van der Waals surface area contributed by atoms with Gasteiger partial charge in [-0.25, -0.2) is 0 Å². The van der Waals surface area contributed by atoms with E-state index in [1.54, 1.807) is 12.1 Å². The summed E-state index contributed by atoms with van der Waals surface area (Å²) in [7, 11) is 0. The van der Waals surface area contributed by atoms with Crippen LogP contribution in [-0.4, -0.2) is 5.11 Å². The molecule has 0 aliphatic heterocycles. The van der Waals surface area contributed by atoms with E-state index in [1.807, 2.05) is 26.0 Å². The van der Waals surface area contributed by atoms with E-state index < -0.39 is 5.54 Å². The van der Waals surface area contributed by atoms with Gasteiger partial charge in [-0.15, -0.1) is 6.58 Å². The van der Waals surface area contributed by atoms with E-state index in [1.165, 1.54) is 0 Å². The largest absolute Gasteiger partial charge is 0.508 e. The minimum Gasteiger partial charge on any atom is -0.508 e. The van der Waals surface area contributed by atoms with Crippen molar-refractivity contribution in [3.05, 3.63) is 42.0 Å². The van der Waals surface area contributed by atoms with Gasteiger partial charge in [-0.05, 0) is 31.9 Å². The van der Waals surface area contributed by atoms with Gasteiger partial charge >= 0.3 is 0 Å². The van der Waals surface area contributed by atoms with Gasteiger partial charge in [0.25, 0.3) is 0 Å². The predicted molar refractivity (Wildman–Crippen MR) is 59.2 cm³/mol. The summed E-state index contributed by atoms with van der Waals surface area (Å²) in [6.45, 7) is 7.48. The molecule has 76 valence electrons. The van der Waals surface area contributed by atoms with Crippen molar-refractivity contribution in [3.63, 3.8) is 0 Å². The predicted octanol–water partition coefficient (Wildman–Crippen LogP) is 2.45. The zero-order chi connectivity index (χ0) is 10.8. The summed E-state index contributed by atoms with van der Waals surface area (Å²) in [5, 5.41) is 9.74. The molecule has 0 aliphatic rings. The van der Waals surface area contributed by atoms with Crippen LogP contribution < -0.4 is 5.73 Å². The van der Waals surface area contributed by atoms with Gasteiger partial charge in [0, 0.05) is 11.1 Å². The van der Waals surface area contributed by atoms with Crippen LogP contribution in [0.2, 0.25) is 0 Å². The molecule has 0 aliphatic carbocycles. The summed E-state index contributed by atoms with van der Waals surface area (Å²) in [6.07, 6.45) is 2.41. The van der Waals surface area contributed by atoms with Crippen LogP contribution >= 0.6 is 0 Å². The number of nitrogens with two attached hydrogens (primary N) is 1. The fourth-order valence-electron chi connectivity index (χ4n) is 1.53. The van der Waals surface area contributed by atoms with Crippen molar-refractivity contribution < 1.29 is 5.11 Å². The number of rotatable bonds is 3. The van der Waals surface area contributed by atoms with E-state index in [2.05, 4.69) is 6.58 Å². The van der Waals surface area contributed by atoms with Crippen LogP contribution in [-0.2, 0) is 5.54 Å². The Bertz CT molecular complexity index is 342. The van der Waals surface area contributed by atoms with E-state index in [0.29, 0.717) is 6.42 Å². The number of benzene rings is 1. The number of aromatic hydroxyl groups is 1. The SMILES string of the molecule is C=CCC(C)(N)c1ccc(C)cc1O. The molecule has 2 nitrogen and oxygen atoms in total. The van der Waals surface area contributed by atoms with Crippen LogP contribution in [0.4, 0.5) is 0 Å². The van der Waals surface area contributed by atoms with Gasteiger partial charge in [0.15, 0.2) is 0 Å². The molecule has 2 heteroatoms. The highest BCUT2D eigenvalue weighted by atomic mass is 16.3. The topological polar surface area (TPSA) is 46.2 Å². The smallest absolute Gasteiger partial charge is 0.120 e. The second-order valence-electron chi connectivity index (χ2n) is 3.93. The average Bonchev–Trinajstić information content (AvgIpc) is 2.02. The summed E-state index contributed by atoms with van der Waals surface area (Å²) in [5.41, 5.74) is 7.32. The highest BCUT2D eigenvalue weighted by Crippen LogP contribution is 2.30. The normalized spacial score (nSPS) is 14.8. The van der Waals surface area contributed by atoms with E-state index in [0.717, 1.165) is 11.1 Å². The highest BCUT2D eigenvalue weighted by molar-refractivity contribution is 5.40. The van der Waals surface area contributed by atoms with Crippen molar-refractivity contribution in [1.82, 2.24) is 0 Å². The van der Waals surface area contributed by atoms with E-state index in [4.69, 9.17) is 5.73 Å². The van der Waals surface area contributed by atoms with Gasteiger partial charge in [-0.2, -0.15) is 0 Å². The molecule has 3 N–H and O–H groups in total. The fourth-order valence-corrected chi connectivity index (χ4v) is 1.53. The van der Waals surface area contributed by atoms with Crippen molar-refractivity contribution in [2.45, 2.75) is 25.8 Å². The molecule has 0 radical (unpaired) electrons. The fraction of sp³-hybridized carbons (Fsp3) is 0.333. The van der Waals surface area contributed by atoms with E-state index in [9.17, 15) is 5.11 Å². The van der Waals surface area contributed by atoms with Gasteiger partial charge in [0.1, 0.15) is 5.75 Å². The van der Waals surface area contributed by atoms with Crippen molar-refractivity contribution in [2.75, 3.05) is 0 Å². The molecule has 1 atom stereocenters. The summed E-state index contributed by atoms with van der Waals surface area (Å²) < 4.78 is 0. The Balaban J connectivity index is 3.12. The van der Waals surface area contributed by atoms with Crippen LogP contribution in [0, 0.1) is 6.92 Å². The molecule has 0 aromatic heterocycles. The molecule has 0 spiro atoms. The van der Waals surface area contributed by atoms with E-state index >= 15 is 0 Å². The van der Waals surface area contributed by atoms with Gasteiger partial charge in [-0.3, -0.25) is 0 Å². The lowest BCUT2D eigenvalue weighted by Crippen LogP contribution is -2.32. The molecule has 0 bridgehead atoms. The number of hydrogen-bond donors (Lipinski definition) is 2. The number of aryl methyl sites for hydroxylation is 1. The number of hydrogen-bond acceptors (Lipinski definition) is 2. The zero-order valence-corrected chi connectivity index (χ0v) is 8.75. The van der Waals surface area contributed by atoms with Crippen molar-refractivity contribution in [1.29, 1.82) is 0 Å². The first-order chi connectivity index (χ1) is 6.47. The van der Waals surface area contributed by atoms with Gasteiger partial charge in [0.05, 0.1) is 0 Å². The van der Waals surface area contributed by atoms with Crippen LogP contribution in [0.3, 0.4) is 0 Å². The maximum Gasteiger partial charge on any atom is 0.120 e. The minimum absolute atomic E-state index is 0.261. The quantitative estimate of drug-likeness (QED) is 0.721. The van der Waals surface area contributed by atoms with Crippen molar-refractivity contribution in [2.24, 2.45) is 5.73 Å². The minimum atomic E-state index is -0.542. The Morgan fingerprint density at radius 1 is 1.57 bits per heavy atom. The summed E-state index contributed by atoms with van der Waals surface area (Å²) in [4.78, 5) is 0. The van der Waals surface area contributed by atoms with Crippen molar-refractivity contribution >= 4 is 0 Å². The third-order valence-electron chi connectivity index (χ3n) is 2.34. The summed E-state index contributed by atoms with van der Waals surface area (Å²) in [6, 6.07) is 5.54. The average molecular weight is 191 g/mol. The maximum absolute atomic E-state index is 9.74. The van der Waals surface area contributed by atoms with Crippen LogP contribution in [0.25, 0.3) is 0 Å². The lowest BCUT2D eigenvalue weighted by molar-refractivity contribution is 0.426. The molecule has 1 aromatic carbocycles. The molecule has 0 heterocycles. The first-order valence-electron chi connectivity index (χ1n) is 4.67. The molecule has 1 aromatic rings. The molecule has 1 unspecified atom stereocenters. The van der Waals surface area contributed by atoms with Gasteiger partial charge < -0.3 is 10.8 Å². The third-order valence-corrected chi connectivity index (χ3v) is 2.34. The van der Waals surface area contributed by atoms with Crippen LogP contribution in [0.5, 0.6) is 5.75 Å². The Morgan fingerprint density at radius 2 is 2.21 bits per heavy atom. The lowest BCUT2D eigenvalue weighted by Gasteiger charge is -2.24. The van der Waals surface area contributed by atoms with Crippen LogP contribution in [0.1, 0.15) is 24.5 Å². The Kier molecular flexibility index (Phi) is 2.96. The Labute approximate surface area is 85.1 Å². The standard InChI is InChI=1S/C12H17NO/c1-4-7-12(3,13)10-6-5-9(2)8-11(10)14/h4-6,8,14H,1,7,13H2,2-3H3. The molecule has 0 saturated heterocycles. The summed E-state index contributed by atoms with van der Waals surface area (Å²) in [5.74, 6) is 0.261. The molecular weight excluding hydrogens is 174 g/mol. The highest BCUT2D eigenvalue weighted by Gasteiger charge is 2.22. The van der Waals surface area contributed by atoms with E-state index in [-0.39, 0.29) is 5.75 Å².